The van der Waals surface area contributed by atoms with Gasteiger partial charge in [-0.25, -0.2) is 0 Å². The van der Waals surface area contributed by atoms with E-state index < -0.39 is 0 Å². The van der Waals surface area contributed by atoms with Gasteiger partial charge < -0.3 is 20.1 Å². The van der Waals surface area contributed by atoms with E-state index in [-0.39, 0.29) is 36.6 Å². The number of carbonyl (C=O) groups excluding carboxylic acids is 2. The summed E-state index contributed by atoms with van der Waals surface area (Å²) in [5, 5.41) is 6.71. The first-order chi connectivity index (χ1) is 12.0. The number of hydrogen-bond acceptors (Lipinski definition) is 4. The SMILES string of the molecule is CCOCC(=O)NC12CC(C1)[C@H](NC(=O)COc1ccc(Cl)cc1)C2. The maximum atomic E-state index is 12.1. The topological polar surface area (TPSA) is 76.7 Å². The molecule has 0 aromatic heterocycles. The number of amides is 2. The van der Waals surface area contributed by atoms with Crippen molar-refractivity contribution in [3.8, 4) is 5.75 Å². The molecule has 1 aromatic rings. The second-order valence-corrected chi connectivity index (χ2v) is 7.19. The third kappa shape index (κ3) is 4.44. The number of fused-ring (bicyclic) bond motifs is 1. The third-order valence-electron chi connectivity index (χ3n) is 4.86. The minimum Gasteiger partial charge on any atom is -0.484 e. The molecular formula is C18H23ClN2O4. The Morgan fingerprint density at radius 1 is 1.16 bits per heavy atom. The van der Waals surface area contributed by atoms with Crippen molar-refractivity contribution in [1.82, 2.24) is 10.6 Å². The van der Waals surface area contributed by atoms with Gasteiger partial charge in [-0.3, -0.25) is 9.59 Å². The Morgan fingerprint density at radius 3 is 2.56 bits per heavy atom. The molecule has 0 radical (unpaired) electrons. The Balaban J connectivity index is 1.41. The molecule has 3 aliphatic rings. The normalized spacial score (nSPS) is 26.6. The number of ether oxygens (including phenoxy) is 2. The fraction of sp³-hybridized carbons (Fsp3) is 0.556. The largest absolute Gasteiger partial charge is 0.484 e. The monoisotopic (exact) mass is 366 g/mol. The van der Waals surface area contributed by atoms with Gasteiger partial charge in [0, 0.05) is 23.2 Å². The van der Waals surface area contributed by atoms with Gasteiger partial charge >= 0.3 is 0 Å². The number of hydrogen-bond donors (Lipinski definition) is 2. The smallest absolute Gasteiger partial charge is 0.258 e. The fourth-order valence-corrected chi connectivity index (χ4v) is 3.89. The zero-order valence-corrected chi connectivity index (χ0v) is 15.0. The summed E-state index contributed by atoms with van der Waals surface area (Å²) in [6, 6.07) is 6.98. The number of carbonyl (C=O) groups is 2. The summed E-state index contributed by atoms with van der Waals surface area (Å²) in [5.41, 5.74) is -0.173. The second-order valence-electron chi connectivity index (χ2n) is 6.75. The van der Waals surface area contributed by atoms with E-state index in [2.05, 4.69) is 10.6 Å². The Morgan fingerprint density at radius 2 is 1.88 bits per heavy atom. The summed E-state index contributed by atoms with van der Waals surface area (Å²) in [6.07, 6.45) is 2.59. The highest BCUT2D eigenvalue weighted by atomic mass is 35.5. The maximum absolute atomic E-state index is 12.1. The van der Waals surface area contributed by atoms with E-state index in [1.807, 2.05) is 6.92 Å². The van der Waals surface area contributed by atoms with E-state index >= 15 is 0 Å². The fourth-order valence-electron chi connectivity index (χ4n) is 3.76. The van der Waals surface area contributed by atoms with Crippen LogP contribution < -0.4 is 15.4 Å². The summed E-state index contributed by atoms with van der Waals surface area (Å²) < 4.78 is 10.6. The van der Waals surface area contributed by atoms with Crippen LogP contribution in [0.2, 0.25) is 5.02 Å². The highest BCUT2D eigenvalue weighted by molar-refractivity contribution is 6.30. The van der Waals surface area contributed by atoms with Crippen LogP contribution in [-0.2, 0) is 14.3 Å². The molecule has 1 atom stereocenters. The quantitative estimate of drug-likeness (QED) is 0.736. The van der Waals surface area contributed by atoms with E-state index in [9.17, 15) is 9.59 Å². The Hall–Kier alpha value is -1.79. The summed E-state index contributed by atoms with van der Waals surface area (Å²) >= 11 is 5.81. The minimum absolute atomic E-state index is 0.0332. The Kier molecular flexibility index (Phi) is 5.49. The van der Waals surface area contributed by atoms with Crippen LogP contribution in [0.25, 0.3) is 0 Å². The number of benzene rings is 1. The van der Waals surface area contributed by atoms with Crippen LogP contribution in [0.4, 0.5) is 0 Å². The van der Waals surface area contributed by atoms with Crippen LogP contribution in [-0.4, -0.2) is 43.2 Å². The molecule has 6 nitrogen and oxygen atoms in total. The average molecular weight is 367 g/mol. The summed E-state index contributed by atoms with van der Waals surface area (Å²) in [6.45, 7) is 2.44. The second kappa shape index (κ2) is 7.62. The molecule has 136 valence electrons. The first-order valence-corrected chi connectivity index (χ1v) is 8.94. The standard InChI is InChI=1S/C18H23ClN2O4/c1-2-24-10-17(23)21-18-7-12(8-18)15(9-18)20-16(22)11-25-14-5-3-13(19)4-6-14/h3-6,12,15H,2,7-11H2,1H3,(H,20,22)(H,21,23)/t12?,15-,18?/m1/s1. The molecule has 2 N–H and O–H groups in total. The van der Waals surface area contributed by atoms with Crippen molar-refractivity contribution in [3.63, 3.8) is 0 Å². The molecule has 0 unspecified atom stereocenters. The van der Waals surface area contributed by atoms with Gasteiger partial charge in [-0.1, -0.05) is 11.6 Å². The van der Waals surface area contributed by atoms with Crippen LogP contribution >= 0.6 is 11.6 Å². The van der Waals surface area contributed by atoms with Crippen molar-refractivity contribution < 1.29 is 19.1 Å². The van der Waals surface area contributed by atoms with Gasteiger partial charge in [-0.15, -0.1) is 0 Å². The lowest BCUT2D eigenvalue weighted by Crippen LogP contribution is -2.52. The molecular weight excluding hydrogens is 344 g/mol. The van der Waals surface area contributed by atoms with Crippen molar-refractivity contribution in [2.75, 3.05) is 19.8 Å². The molecule has 7 heteroatoms. The molecule has 3 aliphatic carbocycles. The first kappa shape index (κ1) is 18.0. The van der Waals surface area contributed by atoms with Gasteiger partial charge in [0.1, 0.15) is 12.4 Å². The molecule has 0 aliphatic heterocycles. The van der Waals surface area contributed by atoms with Gasteiger partial charge in [0.2, 0.25) is 5.91 Å². The van der Waals surface area contributed by atoms with Gasteiger partial charge in [-0.2, -0.15) is 0 Å². The van der Waals surface area contributed by atoms with Crippen LogP contribution in [0.3, 0.4) is 0 Å². The predicted molar refractivity (Wildman–Crippen MR) is 93.6 cm³/mol. The van der Waals surface area contributed by atoms with Crippen LogP contribution in [0, 0.1) is 5.92 Å². The zero-order chi connectivity index (χ0) is 17.9. The molecule has 4 rings (SSSR count). The molecule has 3 fully saturated rings. The lowest BCUT2D eigenvalue weighted by atomic mass is 9.76. The number of nitrogens with one attached hydrogen (secondary N) is 2. The van der Waals surface area contributed by atoms with Crippen LogP contribution in [0.15, 0.2) is 24.3 Å². The lowest BCUT2D eigenvalue weighted by molar-refractivity contribution is -0.128. The molecule has 0 saturated heterocycles. The van der Waals surface area contributed by atoms with Gasteiger partial charge in [0.25, 0.3) is 5.91 Å². The minimum atomic E-state index is -0.173. The highest BCUT2D eigenvalue weighted by Gasteiger charge is 2.57. The molecule has 0 heterocycles. The van der Waals surface area contributed by atoms with Gasteiger partial charge in [0.05, 0.1) is 0 Å². The zero-order valence-electron chi connectivity index (χ0n) is 14.2. The molecule has 2 amide bonds. The van der Waals surface area contributed by atoms with Crippen molar-refractivity contribution in [3.05, 3.63) is 29.3 Å². The molecule has 2 bridgehead atoms. The van der Waals surface area contributed by atoms with E-state index in [4.69, 9.17) is 21.1 Å². The van der Waals surface area contributed by atoms with E-state index in [0.29, 0.717) is 23.3 Å². The first-order valence-electron chi connectivity index (χ1n) is 8.56. The lowest BCUT2D eigenvalue weighted by Gasteiger charge is -2.39. The molecule has 25 heavy (non-hydrogen) atoms. The Bertz CT molecular complexity index is 628. The summed E-state index contributed by atoms with van der Waals surface area (Å²) in [5.74, 6) is 0.795. The maximum Gasteiger partial charge on any atom is 0.258 e. The van der Waals surface area contributed by atoms with Crippen molar-refractivity contribution in [1.29, 1.82) is 0 Å². The van der Waals surface area contributed by atoms with Crippen LogP contribution in [0.1, 0.15) is 26.2 Å². The third-order valence-corrected chi connectivity index (χ3v) is 5.11. The van der Waals surface area contributed by atoms with Gasteiger partial charge in [-0.05, 0) is 56.4 Å². The summed E-state index contributed by atoms with van der Waals surface area (Å²) in [7, 11) is 0. The Labute approximate surface area is 152 Å². The predicted octanol–water partition coefficient (Wildman–Crippen LogP) is 1.91. The van der Waals surface area contributed by atoms with Crippen molar-refractivity contribution >= 4 is 23.4 Å². The van der Waals surface area contributed by atoms with Crippen molar-refractivity contribution in [2.45, 2.75) is 37.8 Å². The van der Waals surface area contributed by atoms with Gasteiger partial charge in [0.15, 0.2) is 6.61 Å². The molecule has 3 saturated carbocycles. The number of rotatable bonds is 8. The number of halogens is 1. The summed E-state index contributed by atoms with van der Waals surface area (Å²) in [4.78, 5) is 23.9. The van der Waals surface area contributed by atoms with Crippen molar-refractivity contribution in [2.24, 2.45) is 5.92 Å². The van der Waals surface area contributed by atoms with E-state index in [1.54, 1.807) is 24.3 Å². The van der Waals surface area contributed by atoms with E-state index in [1.165, 1.54) is 0 Å². The average Bonchev–Trinajstić information content (AvgIpc) is 3.05. The van der Waals surface area contributed by atoms with Crippen LogP contribution in [0.5, 0.6) is 5.75 Å². The van der Waals surface area contributed by atoms with E-state index in [0.717, 1.165) is 19.3 Å². The highest BCUT2D eigenvalue weighted by Crippen LogP contribution is 2.51. The molecule has 0 spiro atoms. The molecule has 1 aromatic carbocycles.